The van der Waals surface area contributed by atoms with Gasteiger partial charge in [-0.2, -0.15) is 0 Å². The van der Waals surface area contributed by atoms with Crippen LogP contribution in [0.1, 0.15) is 57.9 Å². The summed E-state index contributed by atoms with van der Waals surface area (Å²) in [6.45, 7) is 5.30. The third-order valence-corrected chi connectivity index (χ3v) is 5.38. The molecule has 0 fully saturated rings. The van der Waals surface area contributed by atoms with Gasteiger partial charge in [0.25, 0.3) is 0 Å². The van der Waals surface area contributed by atoms with Crippen molar-refractivity contribution in [2.24, 2.45) is 0 Å². The minimum absolute atomic E-state index is 0.0822. The molecule has 0 saturated carbocycles. The fraction of sp³-hybridized carbons (Fsp3) is 0.462. The quantitative estimate of drug-likeness (QED) is 0.381. The smallest absolute Gasteiger partial charge is 0.321 e. The number of carbonyl (C=O) groups is 2. The number of nitrogens with one attached hydrogen (secondary N) is 1. The molecule has 2 aromatic carbocycles. The average Bonchev–Trinajstić information content (AvgIpc) is 2.79. The minimum atomic E-state index is -0.818. The number of amides is 2. The first-order valence-corrected chi connectivity index (χ1v) is 11.6. The van der Waals surface area contributed by atoms with E-state index in [1.165, 1.54) is 19.3 Å². The van der Waals surface area contributed by atoms with Gasteiger partial charge in [0.2, 0.25) is 0 Å². The number of anilines is 1. The summed E-state index contributed by atoms with van der Waals surface area (Å²) in [4.78, 5) is 25.1. The highest BCUT2D eigenvalue weighted by Gasteiger charge is 2.13. The summed E-state index contributed by atoms with van der Waals surface area (Å²) < 4.78 is 5.84. The standard InChI is InChI=1S/C26H36N2O4/c1-4-6-7-8-9-17-27-26(31)28(3)22-12-10-11-21(19-22)23-15-13-20(14-16-25(29)30)18-24(23)32-5-2/h10-13,15,18-19H,4-9,14,16-17H2,1-3H3,(H,27,31)(H,29,30). The molecule has 0 atom stereocenters. The molecule has 6 nitrogen and oxygen atoms in total. The number of carbonyl (C=O) groups excluding carboxylic acids is 1. The van der Waals surface area contributed by atoms with Gasteiger partial charge in [-0.1, -0.05) is 56.9 Å². The van der Waals surface area contributed by atoms with Crippen LogP contribution in [0.4, 0.5) is 10.5 Å². The Kier molecular flexibility index (Phi) is 10.6. The van der Waals surface area contributed by atoms with Crippen LogP contribution in [0.5, 0.6) is 5.75 Å². The van der Waals surface area contributed by atoms with Crippen LogP contribution in [0.3, 0.4) is 0 Å². The van der Waals surface area contributed by atoms with Crippen LogP contribution in [0.15, 0.2) is 42.5 Å². The van der Waals surface area contributed by atoms with Crippen LogP contribution in [0, 0.1) is 0 Å². The molecule has 0 heterocycles. The van der Waals surface area contributed by atoms with Crippen LogP contribution in [0.25, 0.3) is 11.1 Å². The van der Waals surface area contributed by atoms with Gasteiger partial charge in [-0.15, -0.1) is 0 Å². The zero-order valence-electron chi connectivity index (χ0n) is 19.5. The van der Waals surface area contributed by atoms with Gasteiger partial charge in [0.05, 0.1) is 6.61 Å². The highest BCUT2D eigenvalue weighted by molar-refractivity contribution is 5.92. The molecule has 2 amide bonds. The highest BCUT2D eigenvalue weighted by atomic mass is 16.5. The van der Waals surface area contributed by atoms with Gasteiger partial charge in [0.15, 0.2) is 0 Å². The van der Waals surface area contributed by atoms with Crippen LogP contribution in [0.2, 0.25) is 0 Å². The molecule has 2 rings (SSSR count). The zero-order chi connectivity index (χ0) is 23.3. The fourth-order valence-electron chi connectivity index (χ4n) is 3.53. The Balaban J connectivity index is 2.10. The van der Waals surface area contributed by atoms with Crippen molar-refractivity contribution in [1.82, 2.24) is 5.32 Å². The van der Waals surface area contributed by atoms with Crippen molar-refractivity contribution >= 4 is 17.7 Å². The zero-order valence-corrected chi connectivity index (χ0v) is 19.5. The van der Waals surface area contributed by atoms with Gasteiger partial charge >= 0.3 is 12.0 Å². The summed E-state index contributed by atoms with van der Waals surface area (Å²) in [7, 11) is 1.77. The Labute approximate surface area is 191 Å². The maximum absolute atomic E-state index is 12.6. The van der Waals surface area contributed by atoms with Gasteiger partial charge < -0.3 is 15.2 Å². The number of nitrogens with zero attached hydrogens (tertiary/aromatic N) is 1. The summed E-state index contributed by atoms with van der Waals surface area (Å²) >= 11 is 0. The maximum Gasteiger partial charge on any atom is 0.321 e. The summed E-state index contributed by atoms with van der Waals surface area (Å²) in [6.07, 6.45) is 6.32. The Morgan fingerprint density at radius 3 is 2.53 bits per heavy atom. The monoisotopic (exact) mass is 440 g/mol. The van der Waals surface area contributed by atoms with E-state index in [0.717, 1.165) is 35.2 Å². The van der Waals surface area contributed by atoms with E-state index in [4.69, 9.17) is 9.84 Å². The first kappa shape index (κ1) is 25.2. The van der Waals surface area contributed by atoms with Crippen LogP contribution < -0.4 is 15.0 Å². The molecule has 0 aromatic heterocycles. The largest absolute Gasteiger partial charge is 0.493 e. The molecule has 0 saturated heterocycles. The number of rotatable bonds is 13. The number of hydrogen-bond donors (Lipinski definition) is 2. The number of carboxylic acids is 1. The topological polar surface area (TPSA) is 78.9 Å². The molecule has 2 N–H and O–H groups in total. The molecular formula is C26H36N2O4. The number of aliphatic carboxylic acids is 1. The van der Waals surface area contributed by atoms with E-state index in [-0.39, 0.29) is 12.5 Å². The number of aryl methyl sites for hydroxylation is 1. The third kappa shape index (κ3) is 7.91. The van der Waals surface area contributed by atoms with E-state index >= 15 is 0 Å². The molecular weight excluding hydrogens is 404 g/mol. The number of benzene rings is 2. The highest BCUT2D eigenvalue weighted by Crippen LogP contribution is 2.33. The van der Waals surface area contributed by atoms with Crippen molar-refractivity contribution in [3.05, 3.63) is 48.0 Å². The maximum atomic E-state index is 12.6. The van der Waals surface area contributed by atoms with Crippen molar-refractivity contribution in [3.8, 4) is 16.9 Å². The molecule has 2 aromatic rings. The molecule has 0 aliphatic rings. The van der Waals surface area contributed by atoms with Gasteiger partial charge in [0, 0.05) is 31.3 Å². The molecule has 0 spiro atoms. The van der Waals surface area contributed by atoms with Crippen molar-refractivity contribution in [2.75, 3.05) is 25.1 Å². The lowest BCUT2D eigenvalue weighted by Crippen LogP contribution is -2.37. The molecule has 0 aliphatic carbocycles. The predicted octanol–water partition coefficient (Wildman–Crippen LogP) is 5.89. The van der Waals surface area contributed by atoms with Crippen molar-refractivity contribution in [1.29, 1.82) is 0 Å². The van der Waals surface area contributed by atoms with E-state index in [0.29, 0.717) is 25.3 Å². The van der Waals surface area contributed by atoms with Gasteiger partial charge in [-0.3, -0.25) is 9.69 Å². The molecule has 0 aliphatic heterocycles. The number of urea groups is 1. The Bertz CT molecular complexity index is 882. The Morgan fingerprint density at radius 1 is 1.03 bits per heavy atom. The number of carboxylic acid groups (broad SMARTS) is 1. The molecule has 0 unspecified atom stereocenters. The first-order valence-electron chi connectivity index (χ1n) is 11.6. The van der Waals surface area contributed by atoms with Gasteiger partial charge in [-0.05, 0) is 49.1 Å². The normalized spacial score (nSPS) is 10.6. The summed E-state index contributed by atoms with van der Waals surface area (Å²) in [5.41, 5.74) is 3.57. The lowest BCUT2D eigenvalue weighted by Gasteiger charge is -2.20. The molecule has 0 bridgehead atoms. The van der Waals surface area contributed by atoms with Crippen molar-refractivity contribution in [3.63, 3.8) is 0 Å². The lowest BCUT2D eigenvalue weighted by molar-refractivity contribution is -0.136. The number of hydrogen-bond acceptors (Lipinski definition) is 3. The van der Waals surface area contributed by atoms with Crippen LogP contribution in [-0.4, -0.2) is 37.3 Å². The van der Waals surface area contributed by atoms with E-state index in [1.807, 2.05) is 49.4 Å². The van der Waals surface area contributed by atoms with Crippen molar-refractivity contribution < 1.29 is 19.4 Å². The predicted molar refractivity (Wildman–Crippen MR) is 130 cm³/mol. The first-order chi connectivity index (χ1) is 15.5. The van der Waals surface area contributed by atoms with E-state index in [9.17, 15) is 9.59 Å². The summed E-state index contributed by atoms with van der Waals surface area (Å²) in [5.74, 6) is -0.103. The number of ether oxygens (including phenoxy) is 1. The molecule has 32 heavy (non-hydrogen) atoms. The van der Waals surface area contributed by atoms with E-state index < -0.39 is 5.97 Å². The Hall–Kier alpha value is -3.02. The molecule has 174 valence electrons. The fourth-order valence-corrected chi connectivity index (χ4v) is 3.53. The van der Waals surface area contributed by atoms with Crippen molar-refractivity contribution in [2.45, 2.75) is 58.8 Å². The van der Waals surface area contributed by atoms with E-state index in [2.05, 4.69) is 12.2 Å². The minimum Gasteiger partial charge on any atom is -0.493 e. The Morgan fingerprint density at radius 2 is 1.81 bits per heavy atom. The molecule has 6 heteroatoms. The SMILES string of the molecule is CCCCCCCNC(=O)N(C)c1cccc(-c2ccc(CCC(=O)O)cc2OCC)c1. The second-order valence-corrected chi connectivity index (χ2v) is 7.91. The van der Waals surface area contributed by atoms with Gasteiger partial charge in [-0.25, -0.2) is 4.79 Å². The van der Waals surface area contributed by atoms with Crippen LogP contribution in [-0.2, 0) is 11.2 Å². The summed E-state index contributed by atoms with van der Waals surface area (Å²) in [6, 6.07) is 13.5. The lowest BCUT2D eigenvalue weighted by atomic mass is 10.00. The molecule has 0 radical (unpaired) electrons. The third-order valence-electron chi connectivity index (χ3n) is 5.38. The van der Waals surface area contributed by atoms with Gasteiger partial charge in [0.1, 0.15) is 5.75 Å². The summed E-state index contributed by atoms with van der Waals surface area (Å²) in [5, 5.41) is 11.9. The second-order valence-electron chi connectivity index (χ2n) is 7.91. The second kappa shape index (κ2) is 13.4. The number of unbranched alkanes of at least 4 members (excludes halogenated alkanes) is 4. The van der Waals surface area contributed by atoms with Crippen LogP contribution >= 0.6 is 0 Å². The van der Waals surface area contributed by atoms with E-state index in [1.54, 1.807) is 11.9 Å². The average molecular weight is 441 g/mol.